The maximum atomic E-state index is 12.8. The molecule has 2 bridgehead atoms. The summed E-state index contributed by atoms with van der Waals surface area (Å²) in [5.74, 6) is 0.787. The molecule has 3 heterocycles. The van der Waals surface area contributed by atoms with Crippen molar-refractivity contribution < 1.29 is 9.53 Å². The number of aryl methyl sites for hydroxylation is 1. The quantitative estimate of drug-likeness (QED) is 0.883. The summed E-state index contributed by atoms with van der Waals surface area (Å²) in [5.41, 5.74) is 0. The number of likely N-dealkylation sites (tertiary alicyclic amines) is 1. The summed E-state index contributed by atoms with van der Waals surface area (Å²) < 4.78 is 6.31. The molecular formula is C14H19BrN2O2S. The zero-order chi connectivity index (χ0) is 14.3. The van der Waals surface area contributed by atoms with Crippen LogP contribution in [0.25, 0.3) is 0 Å². The molecule has 110 valence electrons. The Balaban J connectivity index is 1.83. The number of amides is 1. The molecule has 0 radical (unpaired) electrons. The van der Waals surface area contributed by atoms with Crippen molar-refractivity contribution in [2.75, 3.05) is 20.2 Å². The van der Waals surface area contributed by atoms with E-state index < -0.39 is 0 Å². The number of halogens is 1. The van der Waals surface area contributed by atoms with Crippen LogP contribution in [-0.2, 0) is 0 Å². The number of thiophene rings is 1. The average molecular weight is 359 g/mol. The second-order valence-corrected chi connectivity index (χ2v) is 7.53. The van der Waals surface area contributed by atoms with Crippen molar-refractivity contribution in [1.29, 1.82) is 0 Å². The van der Waals surface area contributed by atoms with Gasteiger partial charge in [0.2, 0.25) is 0 Å². The summed E-state index contributed by atoms with van der Waals surface area (Å²) in [6, 6.07) is 1.05. The van der Waals surface area contributed by atoms with Gasteiger partial charge in [0.15, 0.2) is 5.75 Å². The Bertz CT molecular complexity index is 531. The van der Waals surface area contributed by atoms with Gasteiger partial charge in [-0.2, -0.15) is 0 Å². The third-order valence-electron chi connectivity index (χ3n) is 4.18. The third kappa shape index (κ3) is 2.49. The van der Waals surface area contributed by atoms with Gasteiger partial charge in [-0.25, -0.2) is 0 Å². The van der Waals surface area contributed by atoms with Crippen LogP contribution >= 0.6 is 27.3 Å². The maximum absolute atomic E-state index is 12.8. The summed E-state index contributed by atoms with van der Waals surface area (Å²) in [6.45, 7) is 3.65. The summed E-state index contributed by atoms with van der Waals surface area (Å²) in [4.78, 5) is 16.6. The van der Waals surface area contributed by atoms with Gasteiger partial charge in [-0.3, -0.25) is 4.79 Å². The first-order valence-electron chi connectivity index (χ1n) is 6.98. The van der Waals surface area contributed by atoms with E-state index in [1.165, 1.54) is 24.2 Å². The highest BCUT2D eigenvalue weighted by molar-refractivity contribution is 9.10. The number of ether oxygens (including phenoxy) is 1. The summed E-state index contributed by atoms with van der Waals surface area (Å²) in [6.07, 6.45) is 3.48. The van der Waals surface area contributed by atoms with Crippen molar-refractivity contribution in [1.82, 2.24) is 10.2 Å². The fourth-order valence-corrected chi connectivity index (χ4v) is 4.82. The molecule has 0 saturated carbocycles. The van der Waals surface area contributed by atoms with E-state index in [4.69, 9.17) is 4.74 Å². The molecule has 1 aromatic heterocycles. The van der Waals surface area contributed by atoms with Crippen LogP contribution in [0.15, 0.2) is 4.47 Å². The number of hydrogen-bond donors (Lipinski definition) is 1. The minimum Gasteiger partial charge on any atom is -0.494 e. The van der Waals surface area contributed by atoms with Crippen LogP contribution in [0, 0.1) is 6.92 Å². The summed E-state index contributed by atoms with van der Waals surface area (Å²) >= 11 is 5.01. The maximum Gasteiger partial charge on any atom is 0.267 e. The second kappa shape index (κ2) is 5.66. The minimum atomic E-state index is 0.106. The summed E-state index contributed by atoms with van der Waals surface area (Å²) in [5, 5.41) is 3.60. The van der Waals surface area contributed by atoms with Crippen LogP contribution in [0.5, 0.6) is 5.75 Å². The molecule has 2 fully saturated rings. The number of nitrogens with zero attached hydrogens (tertiary/aromatic N) is 1. The van der Waals surface area contributed by atoms with Crippen molar-refractivity contribution in [2.24, 2.45) is 0 Å². The lowest BCUT2D eigenvalue weighted by Crippen LogP contribution is -2.38. The highest BCUT2D eigenvalue weighted by atomic mass is 79.9. The smallest absolute Gasteiger partial charge is 0.267 e. The topological polar surface area (TPSA) is 41.6 Å². The fraction of sp³-hybridized carbons (Fsp3) is 0.643. The molecule has 2 aliphatic rings. The molecule has 0 spiro atoms. The minimum absolute atomic E-state index is 0.106. The van der Waals surface area contributed by atoms with E-state index in [0.717, 1.165) is 33.7 Å². The molecule has 0 aromatic carbocycles. The van der Waals surface area contributed by atoms with E-state index in [1.54, 1.807) is 7.11 Å². The Kier molecular flexibility index (Phi) is 4.06. The molecule has 1 aromatic rings. The van der Waals surface area contributed by atoms with Gasteiger partial charge < -0.3 is 15.0 Å². The van der Waals surface area contributed by atoms with E-state index in [0.29, 0.717) is 17.8 Å². The van der Waals surface area contributed by atoms with E-state index in [2.05, 4.69) is 21.2 Å². The molecule has 4 nitrogen and oxygen atoms in total. The number of carbonyl (C=O) groups is 1. The van der Waals surface area contributed by atoms with Crippen LogP contribution in [0.3, 0.4) is 0 Å². The highest BCUT2D eigenvalue weighted by Gasteiger charge is 2.33. The van der Waals surface area contributed by atoms with Gasteiger partial charge in [-0.05, 0) is 42.1 Å². The SMILES string of the molecule is COc1c(C(=O)N2CCC3CCC(C2)N3)sc(C)c1Br. The normalized spacial score (nSPS) is 25.6. The summed E-state index contributed by atoms with van der Waals surface area (Å²) in [7, 11) is 1.62. The van der Waals surface area contributed by atoms with Crippen LogP contribution in [0.1, 0.15) is 33.8 Å². The van der Waals surface area contributed by atoms with Crippen molar-refractivity contribution in [3.05, 3.63) is 14.2 Å². The molecule has 20 heavy (non-hydrogen) atoms. The van der Waals surface area contributed by atoms with Gasteiger partial charge in [0, 0.05) is 30.1 Å². The molecule has 6 heteroatoms. The lowest BCUT2D eigenvalue weighted by Gasteiger charge is -2.24. The van der Waals surface area contributed by atoms with Crippen LogP contribution in [-0.4, -0.2) is 43.1 Å². The largest absolute Gasteiger partial charge is 0.494 e. The molecule has 1 N–H and O–H groups in total. The third-order valence-corrected chi connectivity index (χ3v) is 6.47. The molecule has 1 amide bonds. The number of nitrogens with one attached hydrogen (secondary N) is 1. The molecule has 3 rings (SSSR count). The Labute approximate surface area is 131 Å². The molecule has 2 atom stereocenters. The zero-order valence-electron chi connectivity index (χ0n) is 11.7. The Hall–Kier alpha value is -0.590. The van der Waals surface area contributed by atoms with Crippen molar-refractivity contribution in [2.45, 2.75) is 38.3 Å². The van der Waals surface area contributed by atoms with Gasteiger partial charge in [-0.1, -0.05) is 0 Å². The fourth-order valence-electron chi connectivity index (χ4n) is 3.10. The number of carbonyl (C=O) groups excluding carboxylic acids is 1. The Morgan fingerprint density at radius 1 is 1.40 bits per heavy atom. The van der Waals surface area contributed by atoms with Crippen LogP contribution in [0.2, 0.25) is 0 Å². The van der Waals surface area contributed by atoms with E-state index in [-0.39, 0.29) is 5.91 Å². The lowest BCUT2D eigenvalue weighted by molar-refractivity contribution is 0.0750. The van der Waals surface area contributed by atoms with Crippen molar-refractivity contribution in [3.63, 3.8) is 0 Å². The first-order chi connectivity index (χ1) is 9.60. The van der Waals surface area contributed by atoms with Gasteiger partial charge in [0.05, 0.1) is 11.6 Å². The van der Waals surface area contributed by atoms with Crippen LogP contribution in [0.4, 0.5) is 0 Å². The molecule has 2 aliphatic heterocycles. The van der Waals surface area contributed by atoms with Gasteiger partial charge in [0.25, 0.3) is 5.91 Å². The standard InChI is InChI=1S/C14H19BrN2O2S/c1-8-11(15)12(19-2)13(20-8)14(18)17-6-5-9-3-4-10(7-17)16-9/h9-10,16H,3-7H2,1-2H3. The molecule has 2 unspecified atom stereocenters. The van der Waals surface area contributed by atoms with E-state index in [1.807, 2.05) is 11.8 Å². The highest BCUT2D eigenvalue weighted by Crippen LogP contribution is 2.40. The number of rotatable bonds is 2. The molecular weight excluding hydrogens is 340 g/mol. The lowest BCUT2D eigenvalue weighted by atomic mass is 10.1. The van der Waals surface area contributed by atoms with Gasteiger partial charge in [0.1, 0.15) is 4.88 Å². The number of fused-ring (bicyclic) bond motifs is 2. The number of methoxy groups -OCH3 is 1. The van der Waals surface area contributed by atoms with Gasteiger partial charge >= 0.3 is 0 Å². The van der Waals surface area contributed by atoms with Crippen molar-refractivity contribution >= 4 is 33.2 Å². The van der Waals surface area contributed by atoms with Crippen molar-refractivity contribution in [3.8, 4) is 5.75 Å². The number of hydrogen-bond acceptors (Lipinski definition) is 4. The van der Waals surface area contributed by atoms with Crippen LogP contribution < -0.4 is 10.1 Å². The average Bonchev–Trinajstić information content (AvgIpc) is 2.90. The van der Waals surface area contributed by atoms with E-state index in [9.17, 15) is 4.79 Å². The first kappa shape index (κ1) is 14.4. The second-order valence-electron chi connectivity index (χ2n) is 5.51. The van der Waals surface area contributed by atoms with E-state index >= 15 is 0 Å². The first-order valence-corrected chi connectivity index (χ1v) is 8.59. The zero-order valence-corrected chi connectivity index (χ0v) is 14.1. The molecule has 0 aliphatic carbocycles. The predicted octanol–water partition coefficient (Wildman–Crippen LogP) is 2.79. The Morgan fingerprint density at radius 3 is 2.90 bits per heavy atom. The monoisotopic (exact) mass is 358 g/mol. The Morgan fingerprint density at radius 2 is 2.15 bits per heavy atom. The van der Waals surface area contributed by atoms with Gasteiger partial charge in [-0.15, -0.1) is 11.3 Å². The predicted molar refractivity (Wildman–Crippen MR) is 83.8 cm³/mol. The molecule has 2 saturated heterocycles.